The van der Waals surface area contributed by atoms with Crippen LogP contribution in [0.2, 0.25) is 0 Å². The van der Waals surface area contributed by atoms with E-state index in [1.807, 2.05) is 31.2 Å². The van der Waals surface area contributed by atoms with Gasteiger partial charge in [0.15, 0.2) is 0 Å². The van der Waals surface area contributed by atoms with Crippen molar-refractivity contribution in [3.63, 3.8) is 0 Å². The van der Waals surface area contributed by atoms with Crippen LogP contribution in [0.1, 0.15) is 28.7 Å². The summed E-state index contributed by atoms with van der Waals surface area (Å²) in [5, 5.41) is 7.10. The zero-order chi connectivity index (χ0) is 13.1. The van der Waals surface area contributed by atoms with Crippen LogP contribution in [-0.2, 0) is 13.5 Å². The molecule has 0 radical (unpaired) electrons. The first-order valence-electron chi connectivity index (χ1n) is 6.01. The van der Waals surface area contributed by atoms with Crippen molar-refractivity contribution in [2.45, 2.75) is 20.3 Å². The molecule has 1 amide bonds. The Bertz CT molecular complexity index is 572. The van der Waals surface area contributed by atoms with Crippen molar-refractivity contribution in [2.24, 2.45) is 7.05 Å². The first kappa shape index (κ1) is 12.4. The monoisotopic (exact) mass is 243 g/mol. The third-order valence-electron chi connectivity index (χ3n) is 2.88. The van der Waals surface area contributed by atoms with E-state index in [0.717, 1.165) is 23.4 Å². The third kappa shape index (κ3) is 2.42. The van der Waals surface area contributed by atoms with Crippen molar-refractivity contribution in [1.82, 2.24) is 9.78 Å². The molecule has 1 aromatic heterocycles. The molecule has 0 fully saturated rings. The van der Waals surface area contributed by atoms with E-state index in [-0.39, 0.29) is 5.91 Å². The summed E-state index contributed by atoms with van der Waals surface area (Å²) in [7, 11) is 1.77. The molecule has 0 bridgehead atoms. The van der Waals surface area contributed by atoms with Gasteiger partial charge in [0.2, 0.25) is 0 Å². The molecule has 0 spiro atoms. The normalized spacial score (nSPS) is 10.4. The molecule has 4 nitrogen and oxygen atoms in total. The van der Waals surface area contributed by atoms with E-state index in [4.69, 9.17) is 0 Å². The highest BCUT2D eigenvalue weighted by Crippen LogP contribution is 2.16. The molecular weight excluding hydrogens is 226 g/mol. The summed E-state index contributed by atoms with van der Waals surface area (Å²) in [5.74, 6) is -0.126. The van der Waals surface area contributed by atoms with Gasteiger partial charge in [0, 0.05) is 12.7 Å². The van der Waals surface area contributed by atoms with Crippen molar-refractivity contribution in [3.8, 4) is 0 Å². The van der Waals surface area contributed by atoms with Gasteiger partial charge in [-0.1, -0.05) is 25.1 Å². The summed E-state index contributed by atoms with van der Waals surface area (Å²) in [6, 6.07) is 9.61. The molecule has 1 N–H and O–H groups in total. The first-order chi connectivity index (χ1) is 8.61. The predicted molar refractivity (Wildman–Crippen MR) is 71.7 cm³/mol. The maximum atomic E-state index is 12.1. The molecule has 0 unspecified atom stereocenters. The molecule has 1 aromatic carbocycles. The number of anilines is 1. The highest BCUT2D eigenvalue weighted by molar-refractivity contribution is 6.03. The summed E-state index contributed by atoms with van der Waals surface area (Å²) in [5.41, 5.74) is 3.40. The van der Waals surface area contributed by atoms with Crippen LogP contribution in [0.15, 0.2) is 30.3 Å². The number of amides is 1. The lowest BCUT2D eigenvalue weighted by atomic mass is 10.1. The Morgan fingerprint density at radius 3 is 2.72 bits per heavy atom. The summed E-state index contributed by atoms with van der Waals surface area (Å²) in [4.78, 5) is 12.1. The Hall–Kier alpha value is -2.10. The van der Waals surface area contributed by atoms with E-state index in [0.29, 0.717) is 5.69 Å². The van der Waals surface area contributed by atoms with Crippen LogP contribution in [0.4, 0.5) is 5.69 Å². The number of hydrogen-bond acceptors (Lipinski definition) is 2. The Morgan fingerprint density at radius 1 is 1.39 bits per heavy atom. The second kappa shape index (κ2) is 5.04. The number of rotatable bonds is 3. The molecule has 0 saturated carbocycles. The fourth-order valence-electron chi connectivity index (χ4n) is 1.96. The number of nitrogens with zero attached hydrogens (tertiary/aromatic N) is 2. The smallest absolute Gasteiger partial charge is 0.273 e. The van der Waals surface area contributed by atoms with Crippen LogP contribution >= 0.6 is 0 Å². The van der Waals surface area contributed by atoms with Crippen molar-refractivity contribution in [1.29, 1.82) is 0 Å². The topological polar surface area (TPSA) is 46.9 Å². The molecule has 0 atom stereocenters. The van der Waals surface area contributed by atoms with Crippen molar-refractivity contribution in [3.05, 3.63) is 47.3 Å². The SMILES string of the molecule is CCc1ccccc1NC(=O)c1cc(C)nn1C. The number of aryl methyl sites for hydroxylation is 3. The van der Waals surface area contributed by atoms with Gasteiger partial charge >= 0.3 is 0 Å². The molecule has 0 aliphatic carbocycles. The zero-order valence-corrected chi connectivity index (χ0v) is 10.9. The van der Waals surface area contributed by atoms with Crippen LogP contribution in [0, 0.1) is 6.92 Å². The quantitative estimate of drug-likeness (QED) is 0.900. The van der Waals surface area contributed by atoms with Crippen molar-refractivity contribution in [2.75, 3.05) is 5.32 Å². The fraction of sp³-hybridized carbons (Fsp3) is 0.286. The van der Waals surface area contributed by atoms with E-state index >= 15 is 0 Å². The van der Waals surface area contributed by atoms with Gasteiger partial charge in [-0.2, -0.15) is 5.10 Å². The van der Waals surface area contributed by atoms with Crippen LogP contribution in [0.25, 0.3) is 0 Å². The van der Waals surface area contributed by atoms with Gasteiger partial charge in [-0.05, 0) is 31.0 Å². The lowest BCUT2D eigenvalue weighted by molar-refractivity contribution is 0.101. The predicted octanol–water partition coefficient (Wildman–Crippen LogP) is 2.54. The van der Waals surface area contributed by atoms with Gasteiger partial charge in [-0.15, -0.1) is 0 Å². The van der Waals surface area contributed by atoms with E-state index in [1.54, 1.807) is 17.8 Å². The van der Waals surface area contributed by atoms with E-state index in [9.17, 15) is 4.79 Å². The number of hydrogen-bond donors (Lipinski definition) is 1. The van der Waals surface area contributed by atoms with Gasteiger partial charge in [0.1, 0.15) is 5.69 Å². The van der Waals surface area contributed by atoms with Gasteiger partial charge in [-0.3, -0.25) is 9.48 Å². The summed E-state index contributed by atoms with van der Waals surface area (Å²) >= 11 is 0. The summed E-state index contributed by atoms with van der Waals surface area (Å²) in [6.07, 6.45) is 0.890. The Morgan fingerprint density at radius 2 is 2.11 bits per heavy atom. The van der Waals surface area contributed by atoms with Crippen molar-refractivity contribution < 1.29 is 4.79 Å². The minimum atomic E-state index is -0.126. The number of para-hydroxylation sites is 1. The number of carbonyl (C=O) groups is 1. The second-order valence-electron chi connectivity index (χ2n) is 4.26. The molecule has 0 aliphatic rings. The molecular formula is C14H17N3O. The van der Waals surface area contributed by atoms with E-state index in [2.05, 4.69) is 17.3 Å². The molecule has 94 valence electrons. The second-order valence-corrected chi connectivity index (χ2v) is 4.26. The highest BCUT2D eigenvalue weighted by atomic mass is 16.2. The number of nitrogens with one attached hydrogen (secondary N) is 1. The Labute approximate surface area is 107 Å². The molecule has 18 heavy (non-hydrogen) atoms. The summed E-state index contributed by atoms with van der Waals surface area (Å²) in [6.45, 7) is 3.94. The fourth-order valence-corrected chi connectivity index (χ4v) is 1.96. The van der Waals surface area contributed by atoms with Crippen LogP contribution in [-0.4, -0.2) is 15.7 Å². The van der Waals surface area contributed by atoms with Gasteiger partial charge in [0.05, 0.1) is 5.69 Å². The minimum absolute atomic E-state index is 0.126. The lowest BCUT2D eigenvalue weighted by Crippen LogP contribution is -2.16. The van der Waals surface area contributed by atoms with E-state index in [1.165, 1.54) is 0 Å². The molecule has 0 saturated heterocycles. The molecule has 4 heteroatoms. The van der Waals surface area contributed by atoms with Crippen LogP contribution in [0.3, 0.4) is 0 Å². The maximum Gasteiger partial charge on any atom is 0.273 e. The molecule has 0 aliphatic heterocycles. The number of aromatic nitrogens is 2. The minimum Gasteiger partial charge on any atom is -0.320 e. The molecule has 2 aromatic rings. The molecule has 2 rings (SSSR count). The van der Waals surface area contributed by atoms with Gasteiger partial charge < -0.3 is 5.32 Å². The third-order valence-corrected chi connectivity index (χ3v) is 2.88. The Kier molecular flexibility index (Phi) is 3.46. The average molecular weight is 243 g/mol. The van der Waals surface area contributed by atoms with Crippen LogP contribution < -0.4 is 5.32 Å². The largest absolute Gasteiger partial charge is 0.320 e. The number of benzene rings is 1. The van der Waals surface area contributed by atoms with Crippen molar-refractivity contribution >= 4 is 11.6 Å². The zero-order valence-electron chi connectivity index (χ0n) is 10.9. The van der Waals surface area contributed by atoms with Gasteiger partial charge in [-0.25, -0.2) is 0 Å². The average Bonchev–Trinajstić information content (AvgIpc) is 2.69. The lowest BCUT2D eigenvalue weighted by Gasteiger charge is -2.09. The first-order valence-corrected chi connectivity index (χ1v) is 6.01. The highest BCUT2D eigenvalue weighted by Gasteiger charge is 2.12. The summed E-state index contributed by atoms with van der Waals surface area (Å²) < 4.78 is 1.60. The van der Waals surface area contributed by atoms with E-state index < -0.39 is 0 Å². The van der Waals surface area contributed by atoms with Gasteiger partial charge in [0.25, 0.3) is 5.91 Å². The standard InChI is InChI=1S/C14H17N3O/c1-4-11-7-5-6-8-12(11)15-14(18)13-9-10(2)16-17(13)3/h5-9H,4H2,1-3H3,(H,15,18). The maximum absolute atomic E-state index is 12.1. The Balaban J connectivity index is 2.24. The van der Waals surface area contributed by atoms with Crippen LogP contribution in [0.5, 0.6) is 0 Å². The number of carbonyl (C=O) groups excluding carboxylic acids is 1. The molecule has 1 heterocycles.